The summed E-state index contributed by atoms with van der Waals surface area (Å²) in [5, 5.41) is 25.4. The molecule has 3 N–H and O–H groups in total. The fourth-order valence-corrected chi connectivity index (χ4v) is 2.96. The minimum Gasteiger partial charge on any atom is -0.387 e. The van der Waals surface area contributed by atoms with Gasteiger partial charge in [0, 0.05) is 30.3 Å². The molecule has 0 aliphatic heterocycles. The molecule has 0 aliphatic rings. The van der Waals surface area contributed by atoms with Crippen LogP contribution < -0.4 is 10.6 Å². The number of aliphatic hydroxyl groups excluding tert-OH is 1. The standard InChI is InChI=1S/C20H17ClN4O3/c1-25-7-6-12-8-13(3-5-17(12)25)18(26)11-23-19(27)20(28)24-16-9-15(21)4-2-14(16)10-22/h2-9,18,26H,11H2,1H3,(H,23,27)(H,24,28)/t18-/m0/s1. The zero-order valence-corrected chi connectivity index (χ0v) is 15.7. The van der Waals surface area contributed by atoms with Crippen molar-refractivity contribution < 1.29 is 14.7 Å². The van der Waals surface area contributed by atoms with Crippen LogP contribution in [0.25, 0.3) is 10.9 Å². The van der Waals surface area contributed by atoms with Gasteiger partial charge in [0.15, 0.2) is 0 Å². The van der Waals surface area contributed by atoms with E-state index in [4.69, 9.17) is 16.9 Å². The van der Waals surface area contributed by atoms with Gasteiger partial charge in [0.05, 0.1) is 17.4 Å². The molecule has 0 saturated heterocycles. The van der Waals surface area contributed by atoms with E-state index in [0.29, 0.717) is 10.6 Å². The Labute approximate surface area is 166 Å². The SMILES string of the molecule is Cn1ccc2cc([C@@H](O)CNC(=O)C(=O)Nc3cc(Cl)ccc3C#N)ccc21. The molecule has 3 aromatic rings. The van der Waals surface area contributed by atoms with Crippen molar-refractivity contribution in [1.29, 1.82) is 5.26 Å². The van der Waals surface area contributed by atoms with E-state index in [1.165, 1.54) is 18.2 Å². The Hall–Kier alpha value is -3.34. The van der Waals surface area contributed by atoms with E-state index in [9.17, 15) is 14.7 Å². The summed E-state index contributed by atoms with van der Waals surface area (Å²) in [4.78, 5) is 24.1. The van der Waals surface area contributed by atoms with Crippen LogP contribution in [-0.2, 0) is 16.6 Å². The molecule has 2 aromatic carbocycles. The Morgan fingerprint density at radius 1 is 1.21 bits per heavy atom. The van der Waals surface area contributed by atoms with Crippen molar-refractivity contribution in [3.63, 3.8) is 0 Å². The predicted octanol–water partition coefficient (Wildman–Crippen LogP) is 2.49. The molecule has 0 aliphatic carbocycles. The number of nitriles is 1. The lowest BCUT2D eigenvalue weighted by Crippen LogP contribution is -2.37. The number of rotatable bonds is 4. The molecule has 0 radical (unpaired) electrons. The molecule has 1 aromatic heterocycles. The van der Waals surface area contributed by atoms with Crippen molar-refractivity contribution in [1.82, 2.24) is 9.88 Å². The normalized spacial score (nSPS) is 11.6. The Morgan fingerprint density at radius 3 is 2.75 bits per heavy atom. The summed E-state index contributed by atoms with van der Waals surface area (Å²) in [6.07, 6.45) is 0.945. The molecular formula is C20H17ClN4O3. The number of amides is 2. The number of carbonyl (C=O) groups is 2. The van der Waals surface area contributed by atoms with E-state index in [0.717, 1.165) is 10.9 Å². The Bertz CT molecular complexity index is 1100. The van der Waals surface area contributed by atoms with Crippen molar-refractivity contribution in [2.45, 2.75) is 6.10 Å². The van der Waals surface area contributed by atoms with Crippen molar-refractivity contribution >= 4 is 40.0 Å². The number of nitrogens with one attached hydrogen (secondary N) is 2. The van der Waals surface area contributed by atoms with Gasteiger partial charge in [-0.1, -0.05) is 17.7 Å². The molecular weight excluding hydrogens is 380 g/mol. The molecule has 0 bridgehead atoms. The maximum absolute atomic E-state index is 12.1. The van der Waals surface area contributed by atoms with Crippen molar-refractivity contribution in [2.24, 2.45) is 7.05 Å². The summed E-state index contributed by atoms with van der Waals surface area (Å²) < 4.78 is 1.96. The first-order chi connectivity index (χ1) is 13.4. The van der Waals surface area contributed by atoms with Crippen molar-refractivity contribution in [2.75, 3.05) is 11.9 Å². The summed E-state index contributed by atoms with van der Waals surface area (Å²) in [6, 6.07) is 13.7. The monoisotopic (exact) mass is 396 g/mol. The third kappa shape index (κ3) is 4.14. The van der Waals surface area contributed by atoms with Gasteiger partial charge in [0.25, 0.3) is 0 Å². The number of aromatic nitrogens is 1. The third-order valence-corrected chi connectivity index (χ3v) is 4.54. The second-order valence-electron chi connectivity index (χ2n) is 6.23. The number of anilines is 1. The highest BCUT2D eigenvalue weighted by Crippen LogP contribution is 2.21. The molecule has 0 unspecified atom stereocenters. The van der Waals surface area contributed by atoms with Crippen molar-refractivity contribution in [3.05, 3.63) is 64.8 Å². The van der Waals surface area contributed by atoms with Gasteiger partial charge in [-0.05, 0) is 47.3 Å². The molecule has 0 saturated carbocycles. The van der Waals surface area contributed by atoms with E-state index >= 15 is 0 Å². The first-order valence-electron chi connectivity index (χ1n) is 8.41. The molecule has 1 atom stereocenters. The largest absolute Gasteiger partial charge is 0.387 e. The number of aryl methyl sites for hydroxylation is 1. The van der Waals surface area contributed by atoms with Crippen LogP contribution in [0.15, 0.2) is 48.7 Å². The maximum atomic E-state index is 12.1. The number of fused-ring (bicyclic) bond motifs is 1. The zero-order chi connectivity index (χ0) is 20.3. The van der Waals surface area contributed by atoms with E-state index in [-0.39, 0.29) is 17.8 Å². The Kier molecular flexibility index (Phi) is 5.64. The average Bonchev–Trinajstić information content (AvgIpc) is 3.06. The van der Waals surface area contributed by atoms with E-state index in [2.05, 4.69) is 10.6 Å². The number of halogens is 1. The molecule has 1 heterocycles. The first kappa shape index (κ1) is 19.4. The third-order valence-electron chi connectivity index (χ3n) is 4.31. The lowest BCUT2D eigenvalue weighted by atomic mass is 10.1. The van der Waals surface area contributed by atoms with Crippen LogP contribution in [0.1, 0.15) is 17.2 Å². The van der Waals surface area contributed by atoms with Crippen LogP contribution in [0, 0.1) is 11.3 Å². The molecule has 0 spiro atoms. The fraction of sp³-hybridized carbons (Fsp3) is 0.150. The van der Waals surface area contributed by atoms with Gasteiger partial charge in [-0.25, -0.2) is 0 Å². The number of hydrogen-bond donors (Lipinski definition) is 3. The van der Waals surface area contributed by atoms with Crippen molar-refractivity contribution in [3.8, 4) is 6.07 Å². The lowest BCUT2D eigenvalue weighted by Gasteiger charge is -2.13. The fourth-order valence-electron chi connectivity index (χ4n) is 2.79. The maximum Gasteiger partial charge on any atom is 0.313 e. The van der Waals surface area contributed by atoms with Gasteiger partial charge < -0.3 is 20.3 Å². The highest BCUT2D eigenvalue weighted by molar-refractivity contribution is 6.40. The van der Waals surface area contributed by atoms with Gasteiger partial charge in [0.1, 0.15) is 6.07 Å². The second kappa shape index (κ2) is 8.13. The minimum atomic E-state index is -0.970. The number of nitrogens with zero attached hydrogens (tertiary/aromatic N) is 2. The van der Waals surface area contributed by atoms with Crippen LogP contribution in [0.2, 0.25) is 5.02 Å². The van der Waals surface area contributed by atoms with Gasteiger partial charge in [-0.15, -0.1) is 0 Å². The minimum absolute atomic E-state index is 0.134. The van der Waals surface area contributed by atoms with E-state index < -0.39 is 17.9 Å². The van der Waals surface area contributed by atoms with Gasteiger partial charge in [0.2, 0.25) is 0 Å². The molecule has 142 valence electrons. The highest BCUT2D eigenvalue weighted by Gasteiger charge is 2.18. The zero-order valence-electron chi connectivity index (χ0n) is 14.9. The average molecular weight is 397 g/mol. The molecule has 3 rings (SSSR count). The summed E-state index contributed by atoms with van der Waals surface area (Å²) in [5.41, 5.74) is 1.97. The number of aliphatic hydroxyl groups is 1. The van der Waals surface area contributed by atoms with E-state index in [1.807, 2.05) is 42.1 Å². The summed E-state index contributed by atoms with van der Waals surface area (Å²) in [7, 11) is 1.93. The Balaban J connectivity index is 1.62. The topological polar surface area (TPSA) is 107 Å². The molecule has 0 fully saturated rings. The first-order valence-corrected chi connectivity index (χ1v) is 8.78. The van der Waals surface area contributed by atoms with Gasteiger partial charge in [-0.2, -0.15) is 5.26 Å². The lowest BCUT2D eigenvalue weighted by molar-refractivity contribution is -0.136. The summed E-state index contributed by atoms with van der Waals surface area (Å²) in [6.45, 7) is -0.134. The quantitative estimate of drug-likeness (QED) is 0.589. The van der Waals surface area contributed by atoms with E-state index in [1.54, 1.807) is 6.07 Å². The summed E-state index contributed by atoms with van der Waals surface area (Å²) in [5.74, 6) is -1.88. The van der Waals surface area contributed by atoms with Crippen LogP contribution in [0.4, 0.5) is 5.69 Å². The smallest absolute Gasteiger partial charge is 0.313 e. The van der Waals surface area contributed by atoms with Gasteiger partial charge >= 0.3 is 11.8 Å². The highest BCUT2D eigenvalue weighted by atomic mass is 35.5. The molecule has 8 heteroatoms. The number of carbonyl (C=O) groups excluding carboxylic acids is 2. The molecule has 2 amide bonds. The summed E-state index contributed by atoms with van der Waals surface area (Å²) >= 11 is 5.85. The number of benzene rings is 2. The van der Waals surface area contributed by atoms with Crippen LogP contribution >= 0.6 is 11.6 Å². The van der Waals surface area contributed by atoms with Gasteiger partial charge in [-0.3, -0.25) is 9.59 Å². The predicted molar refractivity (Wildman–Crippen MR) is 106 cm³/mol. The van der Waals surface area contributed by atoms with Crippen LogP contribution in [-0.4, -0.2) is 28.0 Å². The van der Waals surface area contributed by atoms with Crippen LogP contribution in [0.5, 0.6) is 0 Å². The number of hydrogen-bond acceptors (Lipinski definition) is 4. The Morgan fingerprint density at radius 2 is 2.00 bits per heavy atom. The second-order valence-corrected chi connectivity index (χ2v) is 6.66. The van der Waals surface area contributed by atoms with Crippen LogP contribution in [0.3, 0.4) is 0 Å². The molecule has 28 heavy (non-hydrogen) atoms. The molecule has 7 nitrogen and oxygen atoms in total.